The number of aliphatic hydroxyl groups is 2. The van der Waals surface area contributed by atoms with Crippen molar-refractivity contribution in [3.05, 3.63) is 30.7 Å². The molecule has 1 fully saturated rings. The van der Waals surface area contributed by atoms with Gasteiger partial charge in [-0.25, -0.2) is 15.0 Å². The quantitative estimate of drug-likeness (QED) is 0.553. The number of aromatic amines is 1. The molecule has 24 heavy (non-hydrogen) atoms. The molecule has 0 aromatic carbocycles. The molecule has 0 aliphatic carbocycles. The number of aromatic nitrogens is 4. The predicted octanol–water partition coefficient (Wildman–Crippen LogP) is 0.534. The molecule has 4 heterocycles. The van der Waals surface area contributed by atoms with Crippen LogP contribution in [-0.2, 0) is 0 Å². The molecule has 0 bridgehead atoms. The molecule has 1 aliphatic heterocycles. The fraction of sp³-hybridized carbons (Fsp3) is 0.312. The van der Waals surface area contributed by atoms with Crippen molar-refractivity contribution in [2.45, 2.75) is 18.6 Å². The number of hydrogen-bond donors (Lipinski definition) is 4. The second-order valence-electron chi connectivity index (χ2n) is 5.93. The summed E-state index contributed by atoms with van der Waals surface area (Å²) in [5.41, 5.74) is 8.89. The van der Waals surface area contributed by atoms with Gasteiger partial charge in [0.25, 0.3) is 0 Å². The highest BCUT2D eigenvalue weighted by Crippen LogP contribution is 2.37. The Morgan fingerprint density at radius 1 is 1.29 bits per heavy atom. The maximum Gasteiger partial charge on any atom is 0.220 e. The van der Waals surface area contributed by atoms with Gasteiger partial charge in [0.2, 0.25) is 5.95 Å². The van der Waals surface area contributed by atoms with Crippen LogP contribution in [0.1, 0.15) is 6.42 Å². The first-order valence-electron chi connectivity index (χ1n) is 7.78. The van der Waals surface area contributed by atoms with Crippen LogP contribution >= 0.6 is 0 Å². The van der Waals surface area contributed by atoms with Crippen molar-refractivity contribution in [3.8, 4) is 11.3 Å². The fourth-order valence-corrected chi connectivity index (χ4v) is 3.36. The summed E-state index contributed by atoms with van der Waals surface area (Å²) < 4.78 is 0. The third kappa shape index (κ3) is 2.36. The lowest BCUT2D eigenvalue weighted by molar-refractivity contribution is 0.184. The number of nitrogens with two attached hydrogens (primary N) is 1. The summed E-state index contributed by atoms with van der Waals surface area (Å²) in [6, 6.07) is 3.56. The van der Waals surface area contributed by atoms with Crippen LogP contribution in [0.3, 0.4) is 0 Å². The smallest absolute Gasteiger partial charge is 0.220 e. The van der Waals surface area contributed by atoms with E-state index in [9.17, 15) is 10.2 Å². The predicted molar refractivity (Wildman–Crippen MR) is 90.4 cm³/mol. The van der Waals surface area contributed by atoms with Crippen LogP contribution in [0.5, 0.6) is 0 Å². The third-order valence-corrected chi connectivity index (χ3v) is 4.41. The second kappa shape index (κ2) is 5.73. The van der Waals surface area contributed by atoms with Gasteiger partial charge in [-0.3, -0.25) is 0 Å². The van der Waals surface area contributed by atoms with Crippen LogP contribution in [0.15, 0.2) is 30.7 Å². The van der Waals surface area contributed by atoms with Gasteiger partial charge in [0.1, 0.15) is 5.65 Å². The number of H-pyrrole nitrogens is 1. The Hall–Kier alpha value is -2.71. The topological polar surface area (TPSA) is 124 Å². The third-order valence-electron chi connectivity index (χ3n) is 4.41. The number of fused-ring (bicyclic) bond motifs is 1. The molecular weight excluding hydrogens is 308 g/mol. The summed E-state index contributed by atoms with van der Waals surface area (Å²) in [4.78, 5) is 17.8. The van der Waals surface area contributed by atoms with Gasteiger partial charge in [-0.2, -0.15) is 0 Å². The molecule has 3 aromatic rings. The summed E-state index contributed by atoms with van der Waals surface area (Å²) >= 11 is 0. The average molecular weight is 326 g/mol. The monoisotopic (exact) mass is 326 g/mol. The van der Waals surface area contributed by atoms with Crippen LogP contribution in [0, 0.1) is 0 Å². The molecule has 4 rings (SSSR count). The number of rotatable bonds is 3. The number of nitrogen functional groups attached to an aromatic ring is 1. The maximum absolute atomic E-state index is 9.99. The van der Waals surface area contributed by atoms with E-state index in [-0.39, 0.29) is 18.6 Å². The van der Waals surface area contributed by atoms with E-state index in [2.05, 4.69) is 19.9 Å². The Kier molecular flexibility index (Phi) is 3.55. The molecule has 3 aromatic heterocycles. The van der Waals surface area contributed by atoms with Gasteiger partial charge in [-0.05, 0) is 18.6 Å². The van der Waals surface area contributed by atoms with Crippen LogP contribution in [0.25, 0.3) is 22.3 Å². The lowest BCUT2D eigenvalue weighted by Crippen LogP contribution is -2.32. The number of pyridine rings is 1. The molecule has 0 radical (unpaired) electrons. The highest BCUT2D eigenvalue weighted by Gasteiger charge is 2.32. The Bertz CT molecular complexity index is 880. The summed E-state index contributed by atoms with van der Waals surface area (Å²) in [5, 5.41) is 20.5. The first kappa shape index (κ1) is 14.9. The van der Waals surface area contributed by atoms with Crippen LogP contribution in [-0.4, -0.2) is 55.4 Å². The van der Waals surface area contributed by atoms with Gasteiger partial charge in [0.15, 0.2) is 0 Å². The molecule has 2 atom stereocenters. The first-order chi connectivity index (χ1) is 11.7. The summed E-state index contributed by atoms with van der Waals surface area (Å²) in [7, 11) is 0. The van der Waals surface area contributed by atoms with Gasteiger partial charge >= 0.3 is 0 Å². The minimum Gasteiger partial charge on any atom is -0.394 e. The summed E-state index contributed by atoms with van der Waals surface area (Å²) in [5.74, 6) is 0.206. The Balaban J connectivity index is 1.89. The van der Waals surface area contributed by atoms with Crippen LogP contribution in [0.2, 0.25) is 0 Å². The molecule has 0 amide bonds. The van der Waals surface area contributed by atoms with Crippen molar-refractivity contribution in [3.63, 3.8) is 0 Å². The molecule has 2 unspecified atom stereocenters. The van der Waals surface area contributed by atoms with Gasteiger partial charge in [-0.1, -0.05) is 0 Å². The molecular formula is C16H18N6O2. The van der Waals surface area contributed by atoms with E-state index >= 15 is 0 Å². The molecule has 0 spiro atoms. The largest absolute Gasteiger partial charge is 0.394 e. The summed E-state index contributed by atoms with van der Waals surface area (Å²) in [6.45, 7) is 0.460. The lowest BCUT2D eigenvalue weighted by atomic mass is 10.1. The molecule has 5 N–H and O–H groups in total. The fourth-order valence-electron chi connectivity index (χ4n) is 3.36. The van der Waals surface area contributed by atoms with E-state index in [1.54, 1.807) is 18.5 Å². The van der Waals surface area contributed by atoms with E-state index in [0.29, 0.717) is 18.7 Å². The standard InChI is InChI=1S/C16H18N6O2/c17-16-19-3-1-12(21-16)11-6-20-15-14(11)13(2-4-18-15)22-7-10(24)5-9(22)8-23/h1-4,6,9-10,23-24H,5,7-8H2,(H,18,20)(H2,17,19,21). The zero-order chi connectivity index (χ0) is 16.7. The van der Waals surface area contributed by atoms with Crippen molar-refractivity contribution in [1.82, 2.24) is 19.9 Å². The van der Waals surface area contributed by atoms with Gasteiger partial charge in [0.05, 0.1) is 35.5 Å². The normalized spacial score (nSPS) is 20.8. The number of β-amino-alcohol motifs (C(OH)–C–C–N with tert-alkyl or cyclic N) is 1. The minimum absolute atomic E-state index is 0.0128. The van der Waals surface area contributed by atoms with Crippen molar-refractivity contribution < 1.29 is 10.2 Å². The molecule has 8 heteroatoms. The van der Waals surface area contributed by atoms with Crippen molar-refractivity contribution in [2.75, 3.05) is 23.8 Å². The van der Waals surface area contributed by atoms with Gasteiger partial charge < -0.3 is 25.8 Å². The molecule has 1 saturated heterocycles. The lowest BCUT2D eigenvalue weighted by Gasteiger charge is -2.26. The molecule has 1 aliphatic rings. The minimum atomic E-state index is -0.456. The maximum atomic E-state index is 9.99. The highest BCUT2D eigenvalue weighted by atomic mass is 16.3. The number of hydrogen-bond acceptors (Lipinski definition) is 7. The average Bonchev–Trinajstić information content (AvgIpc) is 3.17. The van der Waals surface area contributed by atoms with Crippen LogP contribution in [0.4, 0.5) is 11.6 Å². The van der Waals surface area contributed by atoms with Crippen molar-refractivity contribution in [1.29, 1.82) is 0 Å². The van der Waals surface area contributed by atoms with E-state index in [0.717, 1.165) is 22.3 Å². The molecule has 124 valence electrons. The van der Waals surface area contributed by atoms with Gasteiger partial charge in [0, 0.05) is 30.7 Å². The number of nitrogens with zero attached hydrogens (tertiary/aromatic N) is 4. The second-order valence-corrected chi connectivity index (χ2v) is 5.93. The van der Waals surface area contributed by atoms with Crippen molar-refractivity contribution >= 4 is 22.7 Å². The van der Waals surface area contributed by atoms with E-state index in [4.69, 9.17) is 5.73 Å². The zero-order valence-electron chi connectivity index (χ0n) is 12.9. The Labute approximate surface area is 138 Å². The van der Waals surface area contributed by atoms with E-state index in [1.807, 2.05) is 17.2 Å². The van der Waals surface area contributed by atoms with E-state index < -0.39 is 6.10 Å². The highest BCUT2D eigenvalue weighted by molar-refractivity contribution is 6.02. The SMILES string of the molecule is Nc1nccc(-c2c[nH]c3nccc(N4CC(O)CC4CO)c23)n1. The number of anilines is 2. The first-order valence-corrected chi connectivity index (χ1v) is 7.78. The van der Waals surface area contributed by atoms with Crippen molar-refractivity contribution in [2.24, 2.45) is 0 Å². The molecule has 0 saturated carbocycles. The van der Waals surface area contributed by atoms with E-state index in [1.165, 1.54) is 0 Å². The molecule has 8 nitrogen and oxygen atoms in total. The van der Waals surface area contributed by atoms with Crippen LogP contribution < -0.4 is 10.6 Å². The number of nitrogens with one attached hydrogen (secondary N) is 1. The zero-order valence-corrected chi connectivity index (χ0v) is 12.9. The van der Waals surface area contributed by atoms with Gasteiger partial charge in [-0.15, -0.1) is 0 Å². The number of aliphatic hydroxyl groups excluding tert-OH is 2. The summed E-state index contributed by atoms with van der Waals surface area (Å²) in [6.07, 6.45) is 5.25. The Morgan fingerprint density at radius 2 is 2.12 bits per heavy atom. The Morgan fingerprint density at radius 3 is 2.92 bits per heavy atom.